The lowest BCUT2D eigenvalue weighted by atomic mass is 9.97. The molecular weight excluding hydrogens is 457 g/mol. The molecule has 6 nitrogen and oxygen atoms in total. The smallest absolute Gasteiger partial charge is 0.416 e. The van der Waals surface area contributed by atoms with Gasteiger partial charge >= 0.3 is 6.18 Å². The van der Waals surface area contributed by atoms with Crippen molar-refractivity contribution in [1.82, 2.24) is 9.29 Å². The molecule has 0 radical (unpaired) electrons. The van der Waals surface area contributed by atoms with Crippen LogP contribution in [0.2, 0.25) is 0 Å². The fraction of sp³-hybridized carbons (Fsp3) is 0.348. The molecule has 0 saturated carbocycles. The van der Waals surface area contributed by atoms with Crippen molar-refractivity contribution in [3.63, 3.8) is 0 Å². The summed E-state index contributed by atoms with van der Waals surface area (Å²) < 4.78 is 72.6. The summed E-state index contributed by atoms with van der Waals surface area (Å²) in [4.78, 5) is 13.3. The number of rotatable bonds is 9. The molecule has 0 bridgehead atoms. The van der Waals surface area contributed by atoms with Crippen LogP contribution in [-0.2, 0) is 29.2 Å². The average molecular weight is 483 g/mol. The van der Waals surface area contributed by atoms with E-state index in [4.69, 9.17) is 4.74 Å². The van der Waals surface area contributed by atoms with Gasteiger partial charge in [-0.3, -0.25) is 4.79 Å². The highest BCUT2D eigenvalue weighted by atomic mass is 32.2. The number of nitrogens with one attached hydrogen (secondary N) is 1. The van der Waals surface area contributed by atoms with Gasteiger partial charge in [0.15, 0.2) is 5.78 Å². The standard InChI is InChI=1S/C23H25F3N2O4S/c1-15-21(19(29)14-16-8-4-5-10-18(16)23(24,25)26)17-9-6-11-20(32-2)22(17)28(15)13-7-12-27-33(3,30)31/h4-6,8-11,27H,7,12-14H2,1-3H3. The third-order valence-electron chi connectivity index (χ3n) is 5.40. The number of carbonyl (C=O) groups excluding carboxylic acids is 1. The number of hydrogen-bond donors (Lipinski definition) is 1. The van der Waals surface area contributed by atoms with Crippen molar-refractivity contribution < 1.29 is 31.1 Å². The maximum Gasteiger partial charge on any atom is 0.416 e. The van der Waals surface area contributed by atoms with E-state index >= 15 is 0 Å². The van der Waals surface area contributed by atoms with E-state index in [1.165, 1.54) is 25.3 Å². The molecule has 0 aliphatic rings. The molecule has 1 heterocycles. The van der Waals surface area contributed by atoms with Gasteiger partial charge < -0.3 is 9.30 Å². The van der Waals surface area contributed by atoms with E-state index < -0.39 is 34.0 Å². The van der Waals surface area contributed by atoms with Crippen LogP contribution >= 0.6 is 0 Å². The number of ketones is 1. The number of benzene rings is 2. The van der Waals surface area contributed by atoms with Crippen LogP contribution in [0.3, 0.4) is 0 Å². The molecular formula is C23H25F3N2O4S. The average Bonchev–Trinajstić information content (AvgIpc) is 3.01. The molecule has 1 N–H and O–H groups in total. The summed E-state index contributed by atoms with van der Waals surface area (Å²) >= 11 is 0. The third-order valence-corrected chi connectivity index (χ3v) is 6.13. The van der Waals surface area contributed by atoms with Gasteiger partial charge in [-0.25, -0.2) is 13.1 Å². The van der Waals surface area contributed by atoms with Crippen molar-refractivity contribution in [3.8, 4) is 5.75 Å². The molecule has 10 heteroatoms. The second kappa shape index (κ2) is 9.56. The quantitative estimate of drug-likeness (QED) is 0.364. The molecule has 2 aromatic carbocycles. The fourth-order valence-corrected chi connectivity index (χ4v) is 4.52. The van der Waals surface area contributed by atoms with Gasteiger partial charge in [0.2, 0.25) is 10.0 Å². The Kier molecular flexibility index (Phi) is 7.18. The topological polar surface area (TPSA) is 77.4 Å². The molecule has 0 unspecified atom stereocenters. The summed E-state index contributed by atoms with van der Waals surface area (Å²) in [5.74, 6) is 0.0804. The highest BCUT2D eigenvalue weighted by molar-refractivity contribution is 7.88. The van der Waals surface area contributed by atoms with Gasteiger partial charge in [-0.05, 0) is 31.0 Å². The number of hydrogen-bond acceptors (Lipinski definition) is 4. The van der Waals surface area contributed by atoms with E-state index in [1.807, 2.05) is 4.57 Å². The lowest BCUT2D eigenvalue weighted by Crippen LogP contribution is -2.24. The van der Waals surface area contributed by atoms with Crippen molar-refractivity contribution in [3.05, 3.63) is 64.8 Å². The minimum atomic E-state index is -4.56. The predicted octanol–water partition coefficient (Wildman–Crippen LogP) is 4.34. The van der Waals surface area contributed by atoms with E-state index in [2.05, 4.69) is 4.72 Å². The molecule has 178 valence electrons. The maximum absolute atomic E-state index is 13.4. The van der Waals surface area contributed by atoms with Gasteiger partial charge in [0.25, 0.3) is 0 Å². The number of aromatic nitrogens is 1. The van der Waals surface area contributed by atoms with E-state index in [0.29, 0.717) is 40.9 Å². The van der Waals surface area contributed by atoms with Gasteiger partial charge in [0, 0.05) is 36.2 Å². The van der Waals surface area contributed by atoms with Gasteiger partial charge in [0.1, 0.15) is 5.75 Å². The van der Waals surface area contributed by atoms with Gasteiger partial charge in [0.05, 0.1) is 24.4 Å². The van der Waals surface area contributed by atoms with Gasteiger partial charge in [-0.15, -0.1) is 0 Å². The number of alkyl halides is 3. The van der Waals surface area contributed by atoms with Crippen LogP contribution in [0, 0.1) is 6.92 Å². The zero-order valence-corrected chi connectivity index (χ0v) is 19.3. The zero-order valence-electron chi connectivity index (χ0n) is 18.5. The highest BCUT2D eigenvalue weighted by Crippen LogP contribution is 2.36. The molecule has 0 fully saturated rings. The Morgan fingerprint density at radius 2 is 1.82 bits per heavy atom. The monoisotopic (exact) mass is 482 g/mol. The van der Waals surface area contributed by atoms with Crippen LogP contribution in [-0.4, -0.2) is 38.7 Å². The van der Waals surface area contributed by atoms with Crippen molar-refractivity contribution in [2.75, 3.05) is 19.9 Å². The molecule has 3 rings (SSSR count). The minimum Gasteiger partial charge on any atom is -0.495 e. The number of Topliss-reactive ketones (excluding diaryl/α,β-unsaturated/α-hetero) is 1. The molecule has 0 aliphatic carbocycles. The number of fused-ring (bicyclic) bond motifs is 1. The Bertz CT molecular complexity index is 1280. The maximum atomic E-state index is 13.4. The number of sulfonamides is 1. The second-order valence-electron chi connectivity index (χ2n) is 7.74. The lowest BCUT2D eigenvalue weighted by molar-refractivity contribution is -0.138. The van der Waals surface area contributed by atoms with Crippen LogP contribution in [0.5, 0.6) is 5.75 Å². The van der Waals surface area contributed by atoms with Crippen molar-refractivity contribution in [1.29, 1.82) is 0 Å². The first-order valence-electron chi connectivity index (χ1n) is 10.2. The molecule has 0 aliphatic heterocycles. The zero-order chi connectivity index (χ0) is 24.4. The number of carbonyl (C=O) groups is 1. The molecule has 0 spiro atoms. The molecule has 0 amide bonds. The van der Waals surface area contributed by atoms with E-state index in [9.17, 15) is 26.4 Å². The van der Waals surface area contributed by atoms with Crippen molar-refractivity contribution in [2.45, 2.75) is 32.5 Å². The Labute approximate surface area is 190 Å². The largest absolute Gasteiger partial charge is 0.495 e. The lowest BCUT2D eigenvalue weighted by Gasteiger charge is -2.12. The van der Waals surface area contributed by atoms with E-state index in [1.54, 1.807) is 25.1 Å². The number of para-hydroxylation sites is 1. The molecule has 33 heavy (non-hydrogen) atoms. The van der Waals surface area contributed by atoms with Crippen LogP contribution in [0.15, 0.2) is 42.5 Å². The predicted molar refractivity (Wildman–Crippen MR) is 120 cm³/mol. The van der Waals surface area contributed by atoms with Gasteiger partial charge in [-0.2, -0.15) is 13.2 Å². The normalized spacial score (nSPS) is 12.3. The second-order valence-corrected chi connectivity index (χ2v) is 9.58. The third kappa shape index (κ3) is 5.56. The summed E-state index contributed by atoms with van der Waals surface area (Å²) in [5, 5.41) is 0.581. The number of ether oxygens (including phenoxy) is 1. The van der Waals surface area contributed by atoms with Crippen molar-refractivity contribution in [2.24, 2.45) is 0 Å². The summed E-state index contributed by atoms with van der Waals surface area (Å²) in [6.07, 6.45) is -3.44. The number of methoxy groups -OCH3 is 1. The Balaban J connectivity index is 2.02. The Morgan fingerprint density at radius 1 is 1.12 bits per heavy atom. The summed E-state index contributed by atoms with van der Waals surface area (Å²) in [6.45, 7) is 2.32. The van der Waals surface area contributed by atoms with Crippen LogP contribution in [0.25, 0.3) is 10.9 Å². The van der Waals surface area contributed by atoms with E-state index in [0.717, 1.165) is 12.3 Å². The molecule has 1 aromatic heterocycles. The number of halogens is 3. The summed E-state index contributed by atoms with van der Waals surface area (Å²) in [5.41, 5.74) is 0.643. The van der Waals surface area contributed by atoms with Crippen LogP contribution in [0.4, 0.5) is 13.2 Å². The van der Waals surface area contributed by atoms with E-state index in [-0.39, 0.29) is 12.1 Å². The number of aryl methyl sites for hydroxylation is 1. The summed E-state index contributed by atoms with van der Waals surface area (Å²) in [6, 6.07) is 10.2. The summed E-state index contributed by atoms with van der Waals surface area (Å²) in [7, 11) is -1.84. The fourth-order valence-electron chi connectivity index (χ4n) is 4.00. The van der Waals surface area contributed by atoms with Crippen LogP contribution in [0.1, 0.15) is 33.6 Å². The first-order chi connectivity index (χ1) is 15.4. The first-order valence-corrected chi connectivity index (χ1v) is 12.1. The molecule has 0 saturated heterocycles. The minimum absolute atomic E-state index is 0.0875. The SMILES string of the molecule is COc1cccc2c(C(=O)Cc3ccccc3C(F)(F)F)c(C)n(CCCNS(C)(=O)=O)c12. The van der Waals surface area contributed by atoms with Gasteiger partial charge in [-0.1, -0.05) is 30.3 Å². The highest BCUT2D eigenvalue weighted by Gasteiger charge is 2.34. The molecule has 3 aromatic rings. The first kappa shape index (κ1) is 24.8. The van der Waals surface area contributed by atoms with Crippen LogP contribution < -0.4 is 9.46 Å². The Hall–Kier alpha value is -2.85. The number of nitrogens with zero attached hydrogens (tertiary/aromatic N) is 1. The molecule has 0 atom stereocenters. The van der Waals surface area contributed by atoms with Crippen molar-refractivity contribution >= 4 is 26.7 Å². The Morgan fingerprint density at radius 3 is 2.45 bits per heavy atom.